The lowest BCUT2D eigenvalue weighted by molar-refractivity contribution is 0.132. The standard InChI is InChI=1S/C24H27N3O4/c1-6-18-8-7-17(2)21(13-18)27(3)24-19-14-22(30-11-9-28-4)23(31-12-10-29-5)15-20(19)25-16-26-24/h1,7-8,13-16H,9-12H2,2-5H3. The van der Waals surface area contributed by atoms with Crippen LogP contribution in [0, 0.1) is 19.3 Å². The van der Waals surface area contributed by atoms with Gasteiger partial charge >= 0.3 is 0 Å². The number of nitrogens with zero attached hydrogens (tertiary/aromatic N) is 3. The first-order chi connectivity index (χ1) is 15.1. The molecule has 0 unspecified atom stereocenters. The molecule has 1 heterocycles. The average molecular weight is 421 g/mol. The molecule has 0 radical (unpaired) electrons. The number of fused-ring (bicyclic) bond motifs is 1. The molecule has 3 aromatic rings. The van der Waals surface area contributed by atoms with Crippen LogP contribution in [-0.2, 0) is 9.47 Å². The van der Waals surface area contributed by atoms with E-state index in [1.807, 2.05) is 49.2 Å². The molecule has 0 aliphatic carbocycles. The van der Waals surface area contributed by atoms with E-state index < -0.39 is 0 Å². The van der Waals surface area contributed by atoms with Crippen molar-refractivity contribution in [2.24, 2.45) is 0 Å². The number of anilines is 2. The SMILES string of the molecule is C#Cc1ccc(C)c(N(C)c2ncnc3cc(OCCOC)c(OCCOC)cc23)c1. The molecule has 2 aromatic carbocycles. The van der Waals surface area contributed by atoms with E-state index in [0.29, 0.717) is 37.9 Å². The van der Waals surface area contributed by atoms with Crippen LogP contribution < -0.4 is 14.4 Å². The van der Waals surface area contributed by atoms with E-state index in [0.717, 1.165) is 33.5 Å². The molecule has 1 aromatic heterocycles. The van der Waals surface area contributed by atoms with Gasteiger partial charge in [-0.2, -0.15) is 0 Å². The normalized spacial score (nSPS) is 10.7. The molecule has 31 heavy (non-hydrogen) atoms. The van der Waals surface area contributed by atoms with Crippen molar-refractivity contribution in [3.05, 3.63) is 47.8 Å². The van der Waals surface area contributed by atoms with Crippen molar-refractivity contribution in [3.8, 4) is 23.8 Å². The van der Waals surface area contributed by atoms with E-state index in [2.05, 4.69) is 15.9 Å². The third-order valence-corrected chi connectivity index (χ3v) is 4.82. The van der Waals surface area contributed by atoms with Gasteiger partial charge in [-0.05, 0) is 30.7 Å². The number of aryl methyl sites for hydroxylation is 1. The van der Waals surface area contributed by atoms with Crippen LogP contribution in [0.1, 0.15) is 11.1 Å². The number of hydrogen-bond donors (Lipinski definition) is 0. The minimum absolute atomic E-state index is 0.394. The molecule has 0 bridgehead atoms. The number of hydrogen-bond acceptors (Lipinski definition) is 7. The maximum Gasteiger partial charge on any atom is 0.163 e. The molecular formula is C24H27N3O4. The van der Waals surface area contributed by atoms with Crippen molar-refractivity contribution in [2.45, 2.75) is 6.92 Å². The van der Waals surface area contributed by atoms with Gasteiger partial charge in [0.1, 0.15) is 25.4 Å². The number of benzene rings is 2. The molecule has 7 heteroatoms. The second-order valence-corrected chi connectivity index (χ2v) is 6.90. The highest BCUT2D eigenvalue weighted by molar-refractivity contribution is 5.94. The second kappa shape index (κ2) is 10.6. The lowest BCUT2D eigenvalue weighted by Crippen LogP contribution is -2.14. The molecule has 0 saturated heterocycles. The number of ether oxygens (including phenoxy) is 4. The van der Waals surface area contributed by atoms with E-state index in [1.54, 1.807) is 20.5 Å². The number of rotatable bonds is 10. The fourth-order valence-corrected chi connectivity index (χ4v) is 3.19. The molecule has 3 rings (SSSR count). The topological polar surface area (TPSA) is 65.9 Å². The van der Waals surface area contributed by atoms with Crippen LogP contribution in [0.2, 0.25) is 0 Å². The molecular weight excluding hydrogens is 394 g/mol. The highest BCUT2D eigenvalue weighted by atomic mass is 16.5. The quantitative estimate of drug-likeness (QED) is 0.365. The number of methoxy groups -OCH3 is 2. The zero-order valence-corrected chi connectivity index (χ0v) is 18.3. The van der Waals surface area contributed by atoms with Gasteiger partial charge in [0.05, 0.1) is 18.7 Å². The minimum Gasteiger partial charge on any atom is -0.487 e. The van der Waals surface area contributed by atoms with Crippen molar-refractivity contribution in [1.29, 1.82) is 0 Å². The molecule has 7 nitrogen and oxygen atoms in total. The highest BCUT2D eigenvalue weighted by Crippen LogP contribution is 2.37. The molecule has 0 aliphatic rings. The Bertz CT molecular complexity index is 1080. The van der Waals surface area contributed by atoms with Crippen LogP contribution in [0.3, 0.4) is 0 Å². The summed E-state index contributed by atoms with van der Waals surface area (Å²) in [6.07, 6.45) is 7.14. The second-order valence-electron chi connectivity index (χ2n) is 6.90. The Hall–Kier alpha value is -3.34. The Morgan fingerprint density at radius 1 is 0.935 bits per heavy atom. The number of aromatic nitrogens is 2. The maximum atomic E-state index is 5.93. The summed E-state index contributed by atoms with van der Waals surface area (Å²) >= 11 is 0. The van der Waals surface area contributed by atoms with Crippen molar-refractivity contribution >= 4 is 22.4 Å². The smallest absolute Gasteiger partial charge is 0.163 e. The zero-order valence-electron chi connectivity index (χ0n) is 18.3. The predicted octanol–water partition coefficient (Wildman–Crippen LogP) is 3.74. The van der Waals surface area contributed by atoms with E-state index in [-0.39, 0.29) is 0 Å². The first-order valence-electron chi connectivity index (χ1n) is 9.92. The third-order valence-electron chi connectivity index (χ3n) is 4.82. The lowest BCUT2D eigenvalue weighted by Gasteiger charge is -2.23. The van der Waals surface area contributed by atoms with Crippen LogP contribution in [0.5, 0.6) is 11.5 Å². The Morgan fingerprint density at radius 2 is 1.61 bits per heavy atom. The summed E-state index contributed by atoms with van der Waals surface area (Å²) in [5, 5.41) is 0.835. The van der Waals surface area contributed by atoms with Crippen molar-refractivity contribution in [1.82, 2.24) is 9.97 Å². The minimum atomic E-state index is 0.394. The fraction of sp³-hybridized carbons (Fsp3) is 0.333. The van der Waals surface area contributed by atoms with Gasteiger partial charge in [0, 0.05) is 44.0 Å². The monoisotopic (exact) mass is 421 g/mol. The summed E-state index contributed by atoms with van der Waals surface area (Å²) < 4.78 is 22.0. The van der Waals surface area contributed by atoms with Gasteiger partial charge in [0.25, 0.3) is 0 Å². The first-order valence-corrected chi connectivity index (χ1v) is 9.92. The molecule has 0 amide bonds. The fourth-order valence-electron chi connectivity index (χ4n) is 3.19. The van der Waals surface area contributed by atoms with Crippen LogP contribution in [0.15, 0.2) is 36.7 Å². The van der Waals surface area contributed by atoms with Gasteiger partial charge in [-0.25, -0.2) is 9.97 Å². The predicted molar refractivity (Wildman–Crippen MR) is 121 cm³/mol. The van der Waals surface area contributed by atoms with Crippen LogP contribution in [-0.4, -0.2) is 57.7 Å². The summed E-state index contributed by atoms with van der Waals surface area (Å²) in [4.78, 5) is 11.0. The number of terminal acetylenes is 1. The van der Waals surface area contributed by atoms with Crippen molar-refractivity contribution < 1.29 is 18.9 Å². The van der Waals surface area contributed by atoms with Gasteiger partial charge in [-0.15, -0.1) is 6.42 Å². The molecule has 0 saturated carbocycles. The van der Waals surface area contributed by atoms with Crippen molar-refractivity contribution in [3.63, 3.8) is 0 Å². The van der Waals surface area contributed by atoms with Crippen molar-refractivity contribution in [2.75, 3.05) is 52.6 Å². The van der Waals surface area contributed by atoms with Gasteiger partial charge < -0.3 is 23.8 Å². The van der Waals surface area contributed by atoms with Gasteiger partial charge in [0.2, 0.25) is 0 Å². The van der Waals surface area contributed by atoms with E-state index >= 15 is 0 Å². The summed E-state index contributed by atoms with van der Waals surface area (Å²) in [6, 6.07) is 9.67. The van der Waals surface area contributed by atoms with Gasteiger partial charge in [-0.3, -0.25) is 0 Å². The van der Waals surface area contributed by atoms with Gasteiger partial charge in [-0.1, -0.05) is 12.0 Å². The lowest BCUT2D eigenvalue weighted by atomic mass is 10.1. The Balaban J connectivity index is 2.06. The molecule has 0 N–H and O–H groups in total. The molecule has 0 atom stereocenters. The Kier molecular flexibility index (Phi) is 7.65. The average Bonchev–Trinajstić information content (AvgIpc) is 2.79. The summed E-state index contributed by atoms with van der Waals surface area (Å²) in [6.45, 7) is 3.77. The van der Waals surface area contributed by atoms with Crippen LogP contribution in [0.25, 0.3) is 10.9 Å². The highest BCUT2D eigenvalue weighted by Gasteiger charge is 2.17. The third kappa shape index (κ3) is 5.23. The molecule has 0 spiro atoms. The molecule has 0 aliphatic heterocycles. The first kappa shape index (κ1) is 22.3. The molecule has 162 valence electrons. The Morgan fingerprint density at radius 3 is 2.26 bits per heavy atom. The Labute approximate surface area is 182 Å². The maximum absolute atomic E-state index is 5.93. The summed E-state index contributed by atoms with van der Waals surface area (Å²) in [5.74, 6) is 4.62. The zero-order chi connectivity index (χ0) is 22.2. The largest absolute Gasteiger partial charge is 0.487 e. The molecule has 0 fully saturated rings. The van der Waals surface area contributed by atoms with E-state index in [1.165, 1.54) is 0 Å². The van der Waals surface area contributed by atoms with Crippen LogP contribution in [0.4, 0.5) is 11.5 Å². The van der Waals surface area contributed by atoms with Crippen LogP contribution >= 0.6 is 0 Å². The van der Waals surface area contributed by atoms with Gasteiger partial charge in [0.15, 0.2) is 11.5 Å². The summed E-state index contributed by atoms with van der Waals surface area (Å²) in [5.41, 5.74) is 3.61. The summed E-state index contributed by atoms with van der Waals surface area (Å²) in [7, 11) is 5.22. The van der Waals surface area contributed by atoms with E-state index in [4.69, 9.17) is 25.4 Å². The van der Waals surface area contributed by atoms with E-state index in [9.17, 15) is 0 Å².